The van der Waals surface area contributed by atoms with Gasteiger partial charge in [0, 0.05) is 20.4 Å². The molecule has 126 valence electrons. The minimum absolute atomic E-state index is 0.108. The lowest BCUT2D eigenvalue weighted by Gasteiger charge is -2.19. The summed E-state index contributed by atoms with van der Waals surface area (Å²) in [6.45, 7) is 1.58. The Morgan fingerprint density at radius 3 is 2.74 bits per heavy atom. The van der Waals surface area contributed by atoms with Gasteiger partial charge in [0.2, 0.25) is 10.0 Å². The number of methoxy groups -OCH3 is 1. The van der Waals surface area contributed by atoms with Crippen LogP contribution < -0.4 is 4.72 Å². The normalized spacial score (nSPS) is 13.3. The summed E-state index contributed by atoms with van der Waals surface area (Å²) in [7, 11) is -0.803. The first-order valence-electron chi connectivity index (χ1n) is 6.71. The Labute approximate surface area is 139 Å². The number of benzene rings is 1. The molecule has 2 rings (SSSR count). The average molecular weight is 362 g/mol. The number of sulfonamides is 1. The zero-order valence-electron chi connectivity index (χ0n) is 12.9. The molecule has 1 heterocycles. The average Bonchev–Trinajstić information content (AvgIpc) is 2.88. The number of ether oxygens (including phenoxy) is 1. The number of aromatic nitrogens is 2. The third-order valence-corrected chi connectivity index (χ3v) is 5.29. The fourth-order valence-corrected chi connectivity index (χ4v) is 3.95. The van der Waals surface area contributed by atoms with Gasteiger partial charge in [0.25, 0.3) is 0 Å². The van der Waals surface area contributed by atoms with Crippen molar-refractivity contribution in [2.24, 2.45) is 7.05 Å². The molecule has 1 atom stereocenters. The van der Waals surface area contributed by atoms with Crippen molar-refractivity contribution in [2.45, 2.75) is 17.9 Å². The fourth-order valence-electron chi connectivity index (χ4n) is 2.16. The molecule has 0 spiro atoms. The number of nitrogens with zero attached hydrogens (tertiary/aromatic N) is 2. The third-order valence-electron chi connectivity index (χ3n) is 3.35. The van der Waals surface area contributed by atoms with Gasteiger partial charge in [-0.3, -0.25) is 4.68 Å². The van der Waals surface area contributed by atoms with Gasteiger partial charge >= 0.3 is 0 Å². The van der Waals surface area contributed by atoms with Crippen molar-refractivity contribution in [1.29, 1.82) is 0 Å². The van der Waals surface area contributed by atoms with Crippen molar-refractivity contribution in [3.63, 3.8) is 0 Å². The van der Waals surface area contributed by atoms with Crippen LogP contribution in [0.15, 0.2) is 29.3 Å². The van der Waals surface area contributed by atoms with Gasteiger partial charge in [-0.2, -0.15) is 9.82 Å². The molecule has 6 nitrogen and oxygen atoms in total. The molecular formula is C14H17ClFN3O3S. The zero-order chi connectivity index (χ0) is 17.2. The van der Waals surface area contributed by atoms with Gasteiger partial charge in [-0.1, -0.05) is 11.6 Å². The lowest BCUT2D eigenvalue weighted by atomic mass is 10.2. The molecule has 1 unspecified atom stereocenters. The van der Waals surface area contributed by atoms with Gasteiger partial charge in [-0.15, -0.1) is 0 Å². The maximum atomic E-state index is 13.5. The van der Waals surface area contributed by atoms with Crippen molar-refractivity contribution in [2.75, 3.05) is 13.7 Å². The Hall–Kier alpha value is -1.48. The van der Waals surface area contributed by atoms with E-state index in [4.69, 9.17) is 16.3 Å². The highest BCUT2D eigenvalue weighted by Crippen LogP contribution is 2.26. The Bertz CT molecular complexity index is 808. The van der Waals surface area contributed by atoms with E-state index in [1.54, 1.807) is 24.0 Å². The van der Waals surface area contributed by atoms with Crippen LogP contribution in [0, 0.1) is 12.7 Å². The van der Waals surface area contributed by atoms with E-state index in [1.165, 1.54) is 20.1 Å². The summed E-state index contributed by atoms with van der Waals surface area (Å²) in [5.41, 5.74) is 0.823. The molecule has 0 aliphatic carbocycles. The van der Waals surface area contributed by atoms with E-state index in [2.05, 4.69) is 9.82 Å². The summed E-state index contributed by atoms with van der Waals surface area (Å²) in [5.74, 6) is -0.561. The monoisotopic (exact) mass is 361 g/mol. The van der Waals surface area contributed by atoms with Crippen LogP contribution in [0.5, 0.6) is 0 Å². The SMILES string of the molecule is COCC(NS(=O)(=O)c1cc(C)c(F)cc1Cl)c1ccnn1C. The molecule has 2 aromatic rings. The molecule has 0 saturated carbocycles. The molecule has 0 aliphatic rings. The van der Waals surface area contributed by atoms with E-state index in [-0.39, 0.29) is 22.1 Å². The van der Waals surface area contributed by atoms with E-state index < -0.39 is 21.9 Å². The fraction of sp³-hybridized carbons (Fsp3) is 0.357. The maximum Gasteiger partial charge on any atom is 0.242 e. The second-order valence-corrected chi connectivity index (χ2v) is 7.13. The summed E-state index contributed by atoms with van der Waals surface area (Å²) in [5, 5.41) is 3.84. The number of hydrogen-bond acceptors (Lipinski definition) is 4. The molecule has 0 aliphatic heterocycles. The first kappa shape index (κ1) is 17.9. The summed E-state index contributed by atoms with van der Waals surface area (Å²) >= 11 is 5.89. The first-order chi connectivity index (χ1) is 10.8. The topological polar surface area (TPSA) is 73.2 Å². The van der Waals surface area contributed by atoms with Gasteiger partial charge in [-0.25, -0.2) is 12.8 Å². The highest BCUT2D eigenvalue weighted by Gasteiger charge is 2.26. The van der Waals surface area contributed by atoms with Crippen LogP contribution in [0.25, 0.3) is 0 Å². The molecule has 0 bridgehead atoms. The van der Waals surface area contributed by atoms with E-state index in [0.717, 1.165) is 6.07 Å². The van der Waals surface area contributed by atoms with Crippen LogP contribution in [0.4, 0.5) is 4.39 Å². The van der Waals surface area contributed by atoms with Crippen molar-refractivity contribution < 1.29 is 17.5 Å². The second-order valence-electron chi connectivity index (χ2n) is 5.04. The third kappa shape index (κ3) is 3.89. The van der Waals surface area contributed by atoms with Crippen molar-refractivity contribution in [3.05, 3.63) is 46.5 Å². The van der Waals surface area contributed by atoms with E-state index >= 15 is 0 Å². The minimum Gasteiger partial charge on any atom is -0.383 e. The standard InChI is InChI=1S/C14H17ClFN3O3S/c1-9-6-14(10(15)7-11(9)16)23(20,21)18-12(8-22-3)13-4-5-17-19(13)2/h4-7,12,18H,8H2,1-3H3. The quantitative estimate of drug-likeness (QED) is 0.856. The van der Waals surface area contributed by atoms with Gasteiger partial charge in [0.05, 0.1) is 23.4 Å². The van der Waals surface area contributed by atoms with Crippen molar-refractivity contribution in [1.82, 2.24) is 14.5 Å². The molecule has 1 aromatic heterocycles. The van der Waals surface area contributed by atoms with Gasteiger partial charge in [0.15, 0.2) is 0 Å². The van der Waals surface area contributed by atoms with Crippen LogP contribution in [0.1, 0.15) is 17.3 Å². The predicted octanol–water partition coefficient (Wildman–Crippen LogP) is 2.19. The highest BCUT2D eigenvalue weighted by molar-refractivity contribution is 7.89. The van der Waals surface area contributed by atoms with Crippen LogP contribution in [-0.2, 0) is 21.8 Å². The van der Waals surface area contributed by atoms with Crippen LogP contribution in [0.3, 0.4) is 0 Å². The first-order valence-corrected chi connectivity index (χ1v) is 8.57. The van der Waals surface area contributed by atoms with Crippen LogP contribution in [-0.4, -0.2) is 31.9 Å². The summed E-state index contributed by atoms with van der Waals surface area (Å²) in [6, 6.07) is 3.22. The maximum absolute atomic E-state index is 13.5. The molecular weight excluding hydrogens is 345 g/mol. The minimum atomic E-state index is -3.96. The van der Waals surface area contributed by atoms with Gasteiger partial charge in [-0.05, 0) is 30.7 Å². The van der Waals surface area contributed by atoms with Gasteiger partial charge in [0.1, 0.15) is 10.7 Å². The number of halogens is 2. The smallest absolute Gasteiger partial charge is 0.242 e. The van der Waals surface area contributed by atoms with Crippen molar-refractivity contribution >= 4 is 21.6 Å². The molecule has 0 fully saturated rings. The summed E-state index contributed by atoms with van der Waals surface area (Å²) in [4.78, 5) is -0.179. The molecule has 1 N–H and O–H groups in total. The van der Waals surface area contributed by atoms with Crippen LogP contribution in [0.2, 0.25) is 5.02 Å². The van der Waals surface area contributed by atoms with E-state index in [9.17, 15) is 12.8 Å². The Balaban J connectivity index is 2.39. The summed E-state index contributed by atoms with van der Waals surface area (Å²) in [6.07, 6.45) is 1.56. The Morgan fingerprint density at radius 1 is 1.48 bits per heavy atom. The molecule has 0 amide bonds. The Morgan fingerprint density at radius 2 is 2.17 bits per heavy atom. The predicted molar refractivity (Wildman–Crippen MR) is 84.3 cm³/mol. The number of hydrogen-bond donors (Lipinski definition) is 1. The molecule has 1 aromatic carbocycles. The van der Waals surface area contributed by atoms with Crippen molar-refractivity contribution in [3.8, 4) is 0 Å². The molecule has 0 radical (unpaired) electrons. The largest absolute Gasteiger partial charge is 0.383 e. The molecule has 23 heavy (non-hydrogen) atoms. The number of aryl methyl sites for hydroxylation is 2. The van der Waals surface area contributed by atoms with Crippen LogP contribution >= 0.6 is 11.6 Å². The molecule has 9 heteroatoms. The van der Waals surface area contributed by atoms with Gasteiger partial charge < -0.3 is 4.74 Å². The van der Waals surface area contributed by atoms with E-state index in [0.29, 0.717) is 5.69 Å². The Kier molecular flexibility index (Phi) is 5.41. The van der Waals surface area contributed by atoms with E-state index in [1.807, 2.05) is 0 Å². The molecule has 0 saturated heterocycles. The lowest BCUT2D eigenvalue weighted by Crippen LogP contribution is -2.33. The lowest BCUT2D eigenvalue weighted by molar-refractivity contribution is 0.172. The number of nitrogens with one attached hydrogen (secondary N) is 1. The highest BCUT2D eigenvalue weighted by atomic mass is 35.5. The number of rotatable bonds is 6. The zero-order valence-corrected chi connectivity index (χ0v) is 14.4. The second kappa shape index (κ2) is 6.96. The summed E-state index contributed by atoms with van der Waals surface area (Å²) < 4.78 is 47.8.